The van der Waals surface area contributed by atoms with Gasteiger partial charge in [0.15, 0.2) is 0 Å². The quantitative estimate of drug-likeness (QED) is 0.903. The Morgan fingerprint density at radius 1 is 1.21 bits per heavy atom. The third-order valence-electron chi connectivity index (χ3n) is 4.03. The molecule has 0 aromatic heterocycles. The molecule has 1 heterocycles. The summed E-state index contributed by atoms with van der Waals surface area (Å²) >= 11 is 0. The molecule has 0 saturated carbocycles. The van der Waals surface area contributed by atoms with Crippen LogP contribution in [0.15, 0.2) is 18.2 Å². The zero-order valence-electron chi connectivity index (χ0n) is 11.6. The number of rotatable bonds is 4. The van der Waals surface area contributed by atoms with Gasteiger partial charge in [-0.3, -0.25) is 4.90 Å². The van der Waals surface area contributed by atoms with Gasteiger partial charge in [-0.2, -0.15) is 0 Å². The minimum Gasteiger partial charge on any atom is -0.317 e. The van der Waals surface area contributed by atoms with E-state index in [0.717, 1.165) is 25.7 Å². The van der Waals surface area contributed by atoms with Crippen molar-refractivity contribution in [2.45, 2.75) is 25.8 Å². The van der Waals surface area contributed by atoms with Gasteiger partial charge in [-0.1, -0.05) is 0 Å². The first kappa shape index (κ1) is 14.4. The monoisotopic (exact) mass is 268 g/mol. The first-order valence-electron chi connectivity index (χ1n) is 6.93. The Morgan fingerprint density at radius 2 is 1.79 bits per heavy atom. The lowest BCUT2D eigenvalue weighted by Gasteiger charge is -2.31. The van der Waals surface area contributed by atoms with Crippen LogP contribution >= 0.6 is 0 Å². The number of halogens is 2. The van der Waals surface area contributed by atoms with E-state index in [9.17, 15) is 8.78 Å². The molecule has 0 radical (unpaired) electrons. The minimum absolute atomic E-state index is 0.0279. The second-order valence-corrected chi connectivity index (χ2v) is 5.51. The molecule has 19 heavy (non-hydrogen) atoms. The van der Waals surface area contributed by atoms with Gasteiger partial charge in [-0.15, -0.1) is 0 Å². The Hall–Kier alpha value is -1.00. The first-order valence-corrected chi connectivity index (χ1v) is 6.93. The highest BCUT2D eigenvalue weighted by Crippen LogP contribution is 2.23. The Bertz CT molecular complexity index is 396. The molecule has 0 bridgehead atoms. The van der Waals surface area contributed by atoms with Crippen LogP contribution in [-0.2, 0) is 0 Å². The Balaban J connectivity index is 1.99. The molecule has 2 rings (SSSR count). The average Bonchev–Trinajstić information content (AvgIpc) is 2.37. The molecule has 1 atom stereocenters. The summed E-state index contributed by atoms with van der Waals surface area (Å²) in [6.45, 7) is 5.11. The molecule has 1 fully saturated rings. The lowest BCUT2D eigenvalue weighted by atomic mass is 9.96. The molecule has 0 spiro atoms. The van der Waals surface area contributed by atoms with Crippen LogP contribution in [0.25, 0.3) is 0 Å². The summed E-state index contributed by atoms with van der Waals surface area (Å²) in [5.41, 5.74) is 0.703. The summed E-state index contributed by atoms with van der Waals surface area (Å²) < 4.78 is 26.5. The molecule has 1 saturated heterocycles. The van der Waals surface area contributed by atoms with Gasteiger partial charge in [-0.05, 0) is 63.5 Å². The number of hydrogen-bond donors (Lipinski definition) is 1. The summed E-state index contributed by atoms with van der Waals surface area (Å²) in [5.74, 6) is -0.332. The SMILES string of the molecule is CC(c1cc(F)cc(F)c1)N(C)CC1CCNCC1. The smallest absolute Gasteiger partial charge is 0.126 e. The molecule has 2 nitrogen and oxygen atoms in total. The molecule has 1 aliphatic rings. The number of nitrogens with one attached hydrogen (secondary N) is 1. The van der Waals surface area contributed by atoms with Crippen LogP contribution < -0.4 is 5.32 Å². The normalized spacial score (nSPS) is 18.8. The largest absolute Gasteiger partial charge is 0.317 e. The van der Waals surface area contributed by atoms with Crippen LogP contribution in [0.2, 0.25) is 0 Å². The van der Waals surface area contributed by atoms with Gasteiger partial charge in [0.25, 0.3) is 0 Å². The maximum atomic E-state index is 13.2. The fraction of sp³-hybridized carbons (Fsp3) is 0.600. The lowest BCUT2D eigenvalue weighted by molar-refractivity contribution is 0.196. The zero-order chi connectivity index (χ0) is 13.8. The molecular formula is C15H22F2N2. The predicted octanol–water partition coefficient (Wildman–Crippen LogP) is 2.96. The fourth-order valence-electron chi connectivity index (χ4n) is 2.70. The first-order chi connectivity index (χ1) is 9.06. The average molecular weight is 268 g/mol. The van der Waals surface area contributed by atoms with E-state index >= 15 is 0 Å². The maximum Gasteiger partial charge on any atom is 0.126 e. The molecule has 0 aliphatic carbocycles. The van der Waals surface area contributed by atoms with Crippen molar-refractivity contribution < 1.29 is 8.78 Å². The van der Waals surface area contributed by atoms with E-state index in [-0.39, 0.29) is 6.04 Å². The van der Waals surface area contributed by atoms with Crippen molar-refractivity contribution in [1.29, 1.82) is 0 Å². The molecule has 1 N–H and O–H groups in total. The van der Waals surface area contributed by atoms with Crippen molar-refractivity contribution in [3.05, 3.63) is 35.4 Å². The topological polar surface area (TPSA) is 15.3 Å². The van der Waals surface area contributed by atoms with Crippen molar-refractivity contribution in [3.8, 4) is 0 Å². The number of nitrogens with zero attached hydrogens (tertiary/aromatic N) is 1. The van der Waals surface area contributed by atoms with Crippen LogP contribution in [0.4, 0.5) is 8.78 Å². The predicted molar refractivity (Wildman–Crippen MR) is 73.0 cm³/mol. The highest BCUT2D eigenvalue weighted by molar-refractivity contribution is 5.21. The summed E-state index contributed by atoms with van der Waals surface area (Å²) in [5, 5.41) is 3.35. The molecule has 1 aromatic rings. The summed E-state index contributed by atoms with van der Waals surface area (Å²) in [7, 11) is 2.02. The second kappa shape index (κ2) is 6.44. The van der Waals surface area contributed by atoms with E-state index in [1.54, 1.807) is 0 Å². The third kappa shape index (κ3) is 3.98. The van der Waals surface area contributed by atoms with E-state index < -0.39 is 11.6 Å². The van der Waals surface area contributed by atoms with Crippen molar-refractivity contribution >= 4 is 0 Å². The second-order valence-electron chi connectivity index (χ2n) is 5.51. The number of piperidine rings is 1. The molecule has 1 aliphatic heterocycles. The van der Waals surface area contributed by atoms with Crippen molar-refractivity contribution in [1.82, 2.24) is 10.2 Å². The van der Waals surface area contributed by atoms with E-state index in [1.807, 2.05) is 14.0 Å². The maximum absolute atomic E-state index is 13.2. The Kier molecular flexibility index (Phi) is 4.88. The van der Waals surface area contributed by atoms with Gasteiger partial charge in [0.2, 0.25) is 0 Å². The van der Waals surface area contributed by atoms with Crippen molar-refractivity contribution in [3.63, 3.8) is 0 Å². The van der Waals surface area contributed by atoms with E-state index in [2.05, 4.69) is 10.2 Å². The van der Waals surface area contributed by atoms with Crippen LogP contribution in [0, 0.1) is 17.6 Å². The van der Waals surface area contributed by atoms with Crippen LogP contribution in [0.5, 0.6) is 0 Å². The highest BCUT2D eigenvalue weighted by atomic mass is 19.1. The zero-order valence-corrected chi connectivity index (χ0v) is 11.6. The van der Waals surface area contributed by atoms with Gasteiger partial charge < -0.3 is 5.32 Å². The fourth-order valence-corrected chi connectivity index (χ4v) is 2.70. The standard InChI is InChI=1S/C15H22F2N2/c1-11(13-7-14(16)9-15(17)8-13)19(2)10-12-3-5-18-6-4-12/h7-9,11-12,18H,3-6,10H2,1-2H3. The summed E-state index contributed by atoms with van der Waals surface area (Å²) in [6.07, 6.45) is 2.35. The minimum atomic E-state index is -0.503. The highest BCUT2D eigenvalue weighted by Gasteiger charge is 2.19. The van der Waals surface area contributed by atoms with Gasteiger partial charge >= 0.3 is 0 Å². The molecule has 106 valence electrons. The molecule has 1 unspecified atom stereocenters. The Morgan fingerprint density at radius 3 is 2.37 bits per heavy atom. The van der Waals surface area contributed by atoms with Gasteiger partial charge in [0.1, 0.15) is 11.6 Å². The third-order valence-corrected chi connectivity index (χ3v) is 4.03. The molecule has 0 amide bonds. The van der Waals surface area contributed by atoms with Crippen molar-refractivity contribution in [2.75, 3.05) is 26.7 Å². The van der Waals surface area contributed by atoms with E-state index in [4.69, 9.17) is 0 Å². The van der Waals surface area contributed by atoms with Crippen LogP contribution in [0.1, 0.15) is 31.4 Å². The molecule has 4 heteroatoms. The molecule has 1 aromatic carbocycles. The molecular weight excluding hydrogens is 246 g/mol. The van der Waals surface area contributed by atoms with E-state index in [1.165, 1.54) is 25.0 Å². The summed E-state index contributed by atoms with van der Waals surface area (Å²) in [6, 6.07) is 3.79. The number of hydrogen-bond acceptors (Lipinski definition) is 2. The van der Waals surface area contributed by atoms with Crippen molar-refractivity contribution in [2.24, 2.45) is 5.92 Å². The Labute approximate surface area is 113 Å². The summed E-state index contributed by atoms with van der Waals surface area (Å²) in [4.78, 5) is 2.18. The van der Waals surface area contributed by atoms with Crippen LogP contribution in [-0.4, -0.2) is 31.6 Å². The van der Waals surface area contributed by atoms with Gasteiger partial charge in [0, 0.05) is 18.7 Å². The number of benzene rings is 1. The van der Waals surface area contributed by atoms with Crippen LogP contribution in [0.3, 0.4) is 0 Å². The van der Waals surface area contributed by atoms with E-state index in [0.29, 0.717) is 11.5 Å². The van der Waals surface area contributed by atoms with Gasteiger partial charge in [-0.25, -0.2) is 8.78 Å². The lowest BCUT2D eigenvalue weighted by Crippen LogP contribution is -2.35. The van der Waals surface area contributed by atoms with Gasteiger partial charge in [0.05, 0.1) is 0 Å².